The summed E-state index contributed by atoms with van der Waals surface area (Å²) in [4.78, 5) is 0. The molecule has 0 radical (unpaired) electrons. The van der Waals surface area contributed by atoms with Crippen molar-refractivity contribution in [2.45, 2.75) is 104 Å². The summed E-state index contributed by atoms with van der Waals surface area (Å²) in [6.45, 7) is 8.24. The fourth-order valence-electron chi connectivity index (χ4n) is 1.65. The molecule has 112 valence electrons. The molecule has 0 N–H and O–H groups in total. The minimum absolute atomic E-state index is 0. The summed E-state index contributed by atoms with van der Waals surface area (Å²) in [5.74, 6) is 0. The summed E-state index contributed by atoms with van der Waals surface area (Å²) in [5.41, 5.74) is 0. The van der Waals surface area contributed by atoms with Gasteiger partial charge in [-0.3, -0.25) is 0 Å². The van der Waals surface area contributed by atoms with Crippen LogP contribution in [0.1, 0.15) is 91.9 Å². The molecule has 2 unspecified atom stereocenters. The second-order valence-electron chi connectivity index (χ2n) is 5.05. The van der Waals surface area contributed by atoms with Gasteiger partial charge in [0.1, 0.15) is 0 Å². The zero-order valence-electron chi connectivity index (χ0n) is 13.7. The molecule has 0 aromatic heterocycles. The second kappa shape index (κ2) is 21.5. The molecule has 0 heterocycles. The van der Waals surface area contributed by atoms with Gasteiger partial charge in [0.05, 0.1) is 0 Å². The van der Waals surface area contributed by atoms with E-state index in [1.165, 1.54) is 25.7 Å². The molecule has 3 heteroatoms. The van der Waals surface area contributed by atoms with Gasteiger partial charge in [-0.15, -0.1) is 12.2 Å². The third-order valence-electron chi connectivity index (χ3n) is 3.17. The number of hydrogen-bond acceptors (Lipinski definition) is 2. The fourth-order valence-corrected chi connectivity index (χ4v) is 1.65. The molecule has 0 aromatic carbocycles. The van der Waals surface area contributed by atoms with Crippen molar-refractivity contribution in [3.63, 3.8) is 0 Å². The Hall–Kier alpha value is 1.18. The summed E-state index contributed by atoms with van der Waals surface area (Å²) in [5, 5.41) is 21.5. The number of hydrogen-bond donors (Lipinski definition) is 0. The Morgan fingerprint density at radius 2 is 0.947 bits per heavy atom. The van der Waals surface area contributed by atoms with E-state index in [1.807, 2.05) is 13.8 Å². The topological polar surface area (TPSA) is 46.1 Å². The van der Waals surface area contributed by atoms with Crippen LogP contribution in [0.5, 0.6) is 0 Å². The first-order valence-electron chi connectivity index (χ1n) is 7.93. The Balaban J connectivity index is -0.000000256. The Morgan fingerprint density at radius 1 is 0.632 bits per heavy atom. The smallest absolute Gasteiger partial charge is 0.852 e. The largest absolute Gasteiger partial charge is 2.00 e. The van der Waals surface area contributed by atoms with E-state index >= 15 is 0 Å². The third kappa shape index (κ3) is 24.6. The average Bonchev–Trinajstić information content (AvgIpc) is 2.39. The zero-order valence-corrected chi connectivity index (χ0v) is 16.0. The van der Waals surface area contributed by atoms with E-state index in [-0.39, 0.29) is 49.9 Å². The maximum absolute atomic E-state index is 10.8. The van der Waals surface area contributed by atoms with Crippen molar-refractivity contribution in [1.29, 1.82) is 0 Å². The third-order valence-corrected chi connectivity index (χ3v) is 3.17. The van der Waals surface area contributed by atoms with E-state index in [2.05, 4.69) is 13.8 Å². The van der Waals surface area contributed by atoms with Gasteiger partial charge in [0.15, 0.2) is 0 Å². The summed E-state index contributed by atoms with van der Waals surface area (Å²) >= 11 is 0. The van der Waals surface area contributed by atoms with E-state index in [0.29, 0.717) is 0 Å². The van der Waals surface area contributed by atoms with Crippen LogP contribution in [-0.4, -0.2) is 49.9 Å². The van der Waals surface area contributed by atoms with Crippen molar-refractivity contribution in [2.24, 2.45) is 0 Å². The molecule has 0 aromatic rings. The van der Waals surface area contributed by atoms with Crippen LogP contribution in [0.4, 0.5) is 0 Å². The summed E-state index contributed by atoms with van der Waals surface area (Å²) < 4.78 is 0. The van der Waals surface area contributed by atoms with Crippen molar-refractivity contribution in [2.75, 3.05) is 0 Å². The van der Waals surface area contributed by atoms with Crippen LogP contribution in [0.15, 0.2) is 0 Å². The summed E-state index contributed by atoms with van der Waals surface area (Å²) in [7, 11) is 0. The van der Waals surface area contributed by atoms with Crippen LogP contribution in [0, 0.1) is 0 Å². The Morgan fingerprint density at radius 3 is 1.16 bits per heavy atom. The normalized spacial score (nSPS) is 12.9. The molecule has 0 aliphatic carbocycles. The molecule has 0 spiro atoms. The number of rotatable bonds is 10. The molecule has 0 saturated carbocycles. The molecular formula is C16H34CaO2. The first-order chi connectivity index (χ1) is 8.62. The SMILES string of the molecule is CCCCCC([O-])CC.CCCCCC([O-])CC.[Ca+2]. The van der Waals surface area contributed by atoms with E-state index < -0.39 is 0 Å². The van der Waals surface area contributed by atoms with Crippen molar-refractivity contribution in [3.05, 3.63) is 0 Å². The second-order valence-corrected chi connectivity index (χ2v) is 5.05. The van der Waals surface area contributed by atoms with Gasteiger partial charge in [0.2, 0.25) is 0 Å². The van der Waals surface area contributed by atoms with E-state index in [4.69, 9.17) is 0 Å². The van der Waals surface area contributed by atoms with E-state index in [1.54, 1.807) is 0 Å². The van der Waals surface area contributed by atoms with Crippen LogP contribution < -0.4 is 10.2 Å². The molecule has 0 saturated heterocycles. The monoisotopic (exact) mass is 298 g/mol. The predicted octanol–water partition coefficient (Wildman–Crippen LogP) is 3.03. The predicted molar refractivity (Wildman–Crippen MR) is 82.2 cm³/mol. The van der Waals surface area contributed by atoms with Gasteiger partial charge < -0.3 is 10.2 Å². The molecular weight excluding hydrogens is 264 g/mol. The quantitative estimate of drug-likeness (QED) is 0.460. The van der Waals surface area contributed by atoms with Crippen molar-refractivity contribution >= 4 is 37.7 Å². The molecule has 0 aliphatic rings. The number of unbranched alkanes of at least 4 members (excludes halogenated alkanes) is 4. The van der Waals surface area contributed by atoms with E-state index in [9.17, 15) is 10.2 Å². The molecule has 0 aliphatic heterocycles. The van der Waals surface area contributed by atoms with Gasteiger partial charge in [0.25, 0.3) is 0 Å². The first kappa shape index (κ1) is 25.2. The molecule has 2 atom stereocenters. The van der Waals surface area contributed by atoms with Gasteiger partial charge in [-0.05, 0) is 0 Å². The fraction of sp³-hybridized carbons (Fsp3) is 1.00. The van der Waals surface area contributed by atoms with Gasteiger partial charge in [-0.25, -0.2) is 0 Å². The first-order valence-corrected chi connectivity index (χ1v) is 7.93. The van der Waals surface area contributed by atoms with Crippen molar-refractivity contribution < 1.29 is 10.2 Å². The van der Waals surface area contributed by atoms with Gasteiger partial charge in [-0.2, -0.15) is 0 Å². The average molecular weight is 299 g/mol. The minimum atomic E-state index is -0.295. The Kier molecular flexibility index (Phi) is 28.4. The summed E-state index contributed by atoms with van der Waals surface area (Å²) in [6.07, 6.45) is 9.89. The minimum Gasteiger partial charge on any atom is -0.852 e. The van der Waals surface area contributed by atoms with Gasteiger partial charge >= 0.3 is 37.7 Å². The van der Waals surface area contributed by atoms with Gasteiger partial charge in [0, 0.05) is 0 Å². The molecule has 0 rings (SSSR count). The van der Waals surface area contributed by atoms with Crippen LogP contribution in [0.25, 0.3) is 0 Å². The molecule has 0 fully saturated rings. The molecule has 2 nitrogen and oxygen atoms in total. The van der Waals surface area contributed by atoms with Crippen LogP contribution in [0.3, 0.4) is 0 Å². The summed E-state index contributed by atoms with van der Waals surface area (Å²) in [6, 6.07) is 0. The molecule has 0 bridgehead atoms. The van der Waals surface area contributed by atoms with Crippen molar-refractivity contribution in [3.8, 4) is 0 Å². The van der Waals surface area contributed by atoms with Crippen LogP contribution in [-0.2, 0) is 0 Å². The Labute approximate surface area is 151 Å². The van der Waals surface area contributed by atoms with Crippen LogP contribution in [0.2, 0.25) is 0 Å². The standard InChI is InChI=1S/2C8H17O.Ca/c2*1-3-5-6-7-8(9)4-2;/h2*8H,3-7H2,1-2H3;/q2*-1;+2. The van der Waals surface area contributed by atoms with Crippen LogP contribution >= 0.6 is 0 Å². The van der Waals surface area contributed by atoms with Crippen molar-refractivity contribution in [1.82, 2.24) is 0 Å². The van der Waals surface area contributed by atoms with Gasteiger partial charge in [-0.1, -0.05) is 91.9 Å². The molecule has 0 amide bonds. The van der Waals surface area contributed by atoms with E-state index in [0.717, 1.165) is 38.5 Å². The molecule has 19 heavy (non-hydrogen) atoms. The maximum Gasteiger partial charge on any atom is 2.00 e. The zero-order chi connectivity index (χ0) is 14.2. The Bertz CT molecular complexity index is 127. The maximum atomic E-state index is 10.8.